The van der Waals surface area contributed by atoms with E-state index >= 15 is 0 Å². The Bertz CT molecular complexity index is 536. The minimum atomic E-state index is -3.28. The van der Waals surface area contributed by atoms with Crippen LogP contribution in [0.25, 0.3) is 0 Å². The Morgan fingerprint density at radius 2 is 2.16 bits per heavy atom. The Labute approximate surface area is 113 Å². The highest BCUT2D eigenvalue weighted by Gasteiger charge is 2.18. The lowest BCUT2D eigenvalue weighted by molar-refractivity contribution is -0.123. The van der Waals surface area contributed by atoms with E-state index < -0.39 is 16.1 Å². The topological polar surface area (TPSA) is 84.3 Å². The Balaban J connectivity index is 2.51. The number of carbonyl (C=O) groups excluding carboxylic acids is 1. The molecule has 0 aliphatic rings. The van der Waals surface area contributed by atoms with Crippen molar-refractivity contribution in [3.8, 4) is 0 Å². The van der Waals surface area contributed by atoms with Crippen LogP contribution < -0.4 is 5.32 Å². The van der Waals surface area contributed by atoms with Crippen molar-refractivity contribution in [2.75, 3.05) is 26.4 Å². The molecule has 1 aromatic rings. The van der Waals surface area contributed by atoms with E-state index in [-0.39, 0.29) is 18.2 Å². The third-order valence-corrected chi connectivity index (χ3v) is 4.71. The first-order valence-electron chi connectivity index (χ1n) is 5.93. The van der Waals surface area contributed by atoms with Gasteiger partial charge in [0.25, 0.3) is 0 Å². The summed E-state index contributed by atoms with van der Waals surface area (Å²) >= 11 is 0. The van der Waals surface area contributed by atoms with Gasteiger partial charge in [0.1, 0.15) is 11.9 Å². The van der Waals surface area contributed by atoms with Gasteiger partial charge in [0.05, 0.1) is 5.75 Å². The number of amides is 1. The first-order chi connectivity index (χ1) is 8.75. The van der Waals surface area contributed by atoms with E-state index in [1.165, 1.54) is 14.1 Å². The number of imidazole rings is 1. The molecule has 19 heavy (non-hydrogen) atoms. The molecular weight excluding hydrogens is 268 g/mol. The van der Waals surface area contributed by atoms with Crippen molar-refractivity contribution in [2.45, 2.75) is 19.9 Å². The molecule has 0 aromatic carbocycles. The zero-order valence-corrected chi connectivity index (χ0v) is 12.4. The molecule has 8 heteroatoms. The number of carbonyl (C=O) groups is 1. The smallest absolute Gasteiger partial charge is 0.242 e. The third-order valence-electron chi connectivity index (χ3n) is 2.87. The Morgan fingerprint density at radius 1 is 1.53 bits per heavy atom. The number of aromatic nitrogens is 2. The van der Waals surface area contributed by atoms with E-state index in [9.17, 15) is 13.2 Å². The first kappa shape index (κ1) is 15.6. The molecule has 108 valence electrons. The number of nitrogens with zero attached hydrogens (tertiary/aromatic N) is 3. The molecule has 0 spiro atoms. The van der Waals surface area contributed by atoms with Crippen LogP contribution in [-0.2, 0) is 14.8 Å². The fourth-order valence-corrected chi connectivity index (χ4v) is 2.28. The average Bonchev–Trinajstić information content (AvgIpc) is 2.73. The average molecular weight is 288 g/mol. The minimum Gasteiger partial charge on any atom is -0.353 e. The molecule has 1 aromatic heterocycles. The van der Waals surface area contributed by atoms with Gasteiger partial charge in [-0.1, -0.05) is 0 Å². The van der Waals surface area contributed by atoms with Crippen molar-refractivity contribution in [2.24, 2.45) is 0 Å². The number of rotatable bonds is 6. The Morgan fingerprint density at radius 3 is 2.63 bits per heavy atom. The van der Waals surface area contributed by atoms with Gasteiger partial charge in [-0.05, 0) is 13.8 Å². The van der Waals surface area contributed by atoms with Gasteiger partial charge in [-0.25, -0.2) is 17.7 Å². The lowest BCUT2D eigenvalue weighted by atomic mass is 10.3. The second-order valence-corrected chi connectivity index (χ2v) is 6.75. The second kappa shape index (κ2) is 6.16. The highest BCUT2D eigenvalue weighted by atomic mass is 32.2. The number of nitrogens with one attached hydrogen (secondary N) is 1. The molecule has 1 heterocycles. The van der Waals surface area contributed by atoms with Gasteiger partial charge in [0.2, 0.25) is 15.9 Å². The van der Waals surface area contributed by atoms with Crippen LogP contribution in [0.3, 0.4) is 0 Å². The minimum absolute atomic E-state index is 0.0947. The molecule has 0 radical (unpaired) electrons. The highest BCUT2D eigenvalue weighted by molar-refractivity contribution is 7.89. The van der Waals surface area contributed by atoms with Crippen molar-refractivity contribution < 1.29 is 13.2 Å². The molecule has 1 rings (SSSR count). The number of aryl methyl sites for hydroxylation is 1. The largest absolute Gasteiger partial charge is 0.353 e. The fraction of sp³-hybridized carbons (Fsp3) is 0.636. The first-order valence-corrected chi connectivity index (χ1v) is 7.54. The van der Waals surface area contributed by atoms with Crippen LogP contribution in [0.4, 0.5) is 0 Å². The normalized spacial score (nSPS) is 13.5. The molecule has 0 aliphatic heterocycles. The highest BCUT2D eigenvalue weighted by Crippen LogP contribution is 2.08. The predicted molar refractivity (Wildman–Crippen MR) is 72.2 cm³/mol. The van der Waals surface area contributed by atoms with E-state index in [1.807, 2.05) is 0 Å². The van der Waals surface area contributed by atoms with Gasteiger partial charge < -0.3 is 9.88 Å². The van der Waals surface area contributed by atoms with Gasteiger partial charge in [-0.2, -0.15) is 0 Å². The molecule has 7 nitrogen and oxygen atoms in total. The van der Waals surface area contributed by atoms with Gasteiger partial charge >= 0.3 is 0 Å². The summed E-state index contributed by atoms with van der Waals surface area (Å²) in [5, 5.41) is 2.62. The van der Waals surface area contributed by atoms with E-state index in [2.05, 4.69) is 10.3 Å². The van der Waals surface area contributed by atoms with Gasteiger partial charge in [-0.3, -0.25) is 4.79 Å². The van der Waals surface area contributed by atoms with Gasteiger partial charge in [0.15, 0.2) is 0 Å². The third kappa shape index (κ3) is 4.03. The maximum atomic E-state index is 11.9. The SMILES string of the molecule is Cc1nccn1C(C)C(=O)NCCS(=O)(=O)N(C)C. The van der Waals surface area contributed by atoms with Crippen LogP contribution in [0.15, 0.2) is 12.4 Å². The number of hydrogen-bond donors (Lipinski definition) is 1. The van der Waals surface area contributed by atoms with E-state index in [0.717, 1.165) is 10.1 Å². The second-order valence-electron chi connectivity index (χ2n) is 4.45. The summed E-state index contributed by atoms with van der Waals surface area (Å²) in [6.45, 7) is 3.64. The standard InChI is InChI=1S/C11H20N4O3S/c1-9(15-7-5-12-10(15)2)11(16)13-6-8-19(17,18)14(3)4/h5,7,9H,6,8H2,1-4H3,(H,13,16). The number of sulfonamides is 1. The Kier molecular flexibility index (Phi) is 5.07. The molecular formula is C11H20N4O3S. The van der Waals surface area contributed by atoms with Crippen LogP contribution in [0.1, 0.15) is 18.8 Å². The summed E-state index contributed by atoms with van der Waals surface area (Å²) in [5.41, 5.74) is 0. The van der Waals surface area contributed by atoms with Crippen LogP contribution in [0.2, 0.25) is 0 Å². The molecule has 0 bridgehead atoms. The summed E-state index contributed by atoms with van der Waals surface area (Å²) in [6, 6.07) is -0.412. The van der Waals surface area contributed by atoms with E-state index in [0.29, 0.717) is 0 Å². The summed E-state index contributed by atoms with van der Waals surface area (Å²) in [6.07, 6.45) is 3.34. The fourth-order valence-electron chi connectivity index (χ4n) is 1.56. The van der Waals surface area contributed by atoms with Gasteiger partial charge in [-0.15, -0.1) is 0 Å². The van der Waals surface area contributed by atoms with E-state index in [1.54, 1.807) is 30.8 Å². The monoisotopic (exact) mass is 288 g/mol. The van der Waals surface area contributed by atoms with Crippen molar-refractivity contribution in [3.05, 3.63) is 18.2 Å². The molecule has 0 fully saturated rings. The lowest BCUT2D eigenvalue weighted by Gasteiger charge is -2.16. The predicted octanol–water partition coefficient (Wildman–Crippen LogP) is -0.240. The molecule has 1 N–H and O–H groups in total. The van der Waals surface area contributed by atoms with Crippen LogP contribution in [0.5, 0.6) is 0 Å². The quantitative estimate of drug-likeness (QED) is 0.783. The van der Waals surface area contributed by atoms with Crippen molar-refractivity contribution in [1.82, 2.24) is 19.2 Å². The van der Waals surface area contributed by atoms with Crippen LogP contribution >= 0.6 is 0 Å². The van der Waals surface area contributed by atoms with Crippen LogP contribution in [-0.4, -0.2) is 54.6 Å². The molecule has 0 aliphatic carbocycles. The molecule has 1 amide bonds. The van der Waals surface area contributed by atoms with Crippen molar-refractivity contribution in [3.63, 3.8) is 0 Å². The summed E-state index contributed by atoms with van der Waals surface area (Å²) in [7, 11) is -0.348. The molecule has 1 unspecified atom stereocenters. The summed E-state index contributed by atoms with van der Waals surface area (Å²) in [4.78, 5) is 15.9. The molecule has 0 saturated heterocycles. The summed E-state index contributed by atoms with van der Waals surface area (Å²) in [5.74, 6) is 0.403. The zero-order chi connectivity index (χ0) is 14.6. The lowest BCUT2D eigenvalue weighted by Crippen LogP contribution is -2.37. The van der Waals surface area contributed by atoms with Gasteiger partial charge in [0, 0.05) is 33.0 Å². The summed E-state index contributed by atoms with van der Waals surface area (Å²) < 4.78 is 25.9. The molecule has 1 atom stereocenters. The van der Waals surface area contributed by atoms with E-state index in [4.69, 9.17) is 0 Å². The zero-order valence-electron chi connectivity index (χ0n) is 11.6. The van der Waals surface area contributed by atoms with Crippen molar-refractivity contribution in [1.29, 1.82) is 0 Å². The van der Waals surface area contributed by atoms with Crippen LogP contribution in [0, 0.1) is 6.92 Å². The molecule has 0 saturated carbocycles. The number of hydrogen-bond acceptors (Lipinski definition) is 4. The maximum absolute atomic E-state index is 11.9. The Hall–Kier alpha value is -1.41. The maximum Gasteiger partial charge on any atom is 0.242 e. The van der Waals surface area contributed by atoms with Crippen molar-refractivity contribution >= 4 is 15.9 Å².